The van der Waals surface area contributed by atoms with Crippen LogP contribution in [0.1, 0.15) is 36.0 Å². The fourth-order valence-electron chi connectivity index (χ4n) is 2.08. The largest absolute Gasteiger partial charge is 0.455 e. The first-order chi connectivity index (χ1) is 8.68. The number of ether oxygens (including phenoxy) is 1. The molecule has 2 atom stereocenters. The van der Waals surface area contributed by atoms with Crippen LogP contribution in [0.15, 0.2) is 30.3 Å². The van der Waals surface area contributed by atoms with Crippen LogP contribution >= 0.6 is 11.6 Å². The smallest absolute Gasteiger partial charge is 0.379 e. The van der Waals surface area contributed by atoms with Crippen molar-refractivity contribution in [3.8, 4) is 0 Å². The van der Waals surface area contributed by atoms with Gasteiger partial charge in [0.05, 0.1) is 5.38 Å². The van der Waals surface area contributed by atoms with Crippen LogP contribution in [-0.2, 0) is 9.53 Å². The number of alkyl halides is 1. The third-order valence-electron chi connectivity index (χ3n) is 3.10. The summed E-state index contributed by atoms with van der Waals surface area (Å²) < 4.78 is 5.20. The van der Waals surface area contributed by atoms with E-state index in [1.54, 1.807) is 30.3 Å². The Balaban J connectivity index is 1.97. The zero-order valence-electron chi connectivity index (χ0n) is 9.97. The van der Waals surface area contributed by atoms with Crippen molar-refractivity contribution >= 4 is 23.4 Å². The number of carbonyl (C=O) groups is 2. The summed E-state index contributed by atoms with van der Waals surface area (Å²) in [5, 5.41) is -0.175. The van der Waals surface area contributed by atoms with Crippen LogP contribution in [0.2, 0.25) is 0 Å². The normalized spacial score (nSPS) is 23.4. The number of rotatable bonds is 3. The maximum atomic E-state index is 11.8. The van der Waals surface area contributed by atoms with Crippen molar-refractivity contribution < 1.29 is 14.3 Å². The summed E-state index contributed by atoms with van der Waals surface area (Å²) in [5.41, 5.74) is 0.351. The van der Waals surface area contributed by atoms with Gasteiger partial charge in [0, 0.05) is 5.56 Å². The molecule has 4 heteroatoms. The number of esters is 1. The molecule has 3 nitrogen and oxygen atoms in total. The molecule has 1 fully saturated rings. The Morgan fingerprint density at radius 2 is 1.78 bits per heavy atom. The Kier molecular flexibility index (Phi) is 4.37. The van der Waals surface area contributed by atoms with E-state index in [0.717, 1.165) is 25.7 Å². The Bertz CT molecular complexity index is 430. The number of carbonyl (C=O) groups excluding carboxylic acids is 2. The minimum Gasteiger partial charge on any atom is -0.455 e. The highest BCUT2D eigenvalue weighted by molar-refractivity contribution is 6.40. The van der Waals surface area contributed by atoms with Crippen molar-refractivity contribution in [2.45, 2.75) is 37.2 Å². The van der Waals surface area contributed by atoms with Crippen LogP contribution in [0, 0.1) is 0 Å². The van der Waals surface area contributed by atoms with E-state index in [4.69, 9.17) is 16.3 Å². The van der Waals surface area contributed by atoms with Gasteiger partial charge in [-0.05, 0) is 19.3 Å². The summed E-state index contributed by atoms with van der Waals surface area (Å²) in [6, 6.07) is 8.42. The molecular formula is C14H15ClO3. The van der Waals surface area contributed by atoms with E-state index >= 15 is 0 Å². The van der Waals surface area contributed by atoms with E-state index in [1.807, 2.05) is 0 Å². The van der Waals surface area contributed by atoms with Gasteiger partial charge in [-0.3, -0.25) is 4.79 Å². The summed E-state index contributed by atoms with van der Waals surface area (Å²) in [6.07, 6.45) is 3.27. The van der Waals surface area contributed by atoms with Crippen LogP contribution in [0.25, 0.3) is 0 Å². The second-order valence-corrected chi connectivity index (χ2v) is 5.00. The van der Waals surface area contributed by atoms with Crippen LogP contribution in [0.5, 0.6) is 0 Å². The van der Waals surface area contributed by atoms with Crippen LogP contribution < -0.4 is 0 Å². The molecule has 1 aliphatic carbocycles. The van der Waals surface area contributed by atoms with Gasteiger partial charge in [-0.1, -0.05) is 36.8 Å². The number of hydrogen-bond donors (Lipinski definition) is 0. The molecule has 0 aliphatic heterocycles. The molecule has 0 bridgehead atoms. The molecule has 2 rings (SSSR count). The van der Waals surface area contributed by atoms with Crippen molar-refractivity contribution in [1.82, 2.24) is 0 Å². The second-order valence-electron chi connectivity index (χ2n) is 4.44. The van der Waals surface area contributed by atoms with E-state index in [-0.39, 0.29) is 11.5 Å². The zero-order chi connectivity index (χ0) is 13.0. The quantitative estimate of drug-likeness (QED) is 0.366. The molecule has 1 aromatic carbocycles. The van der Waals surface area contributed by atoms with Gasteiger partial charge in [0.25, 0.3) is 5.78 Å². The van der Waals surface area contributed by atoms with Gasteiger partial charge in [0.1, 0.15) is 6.10 Å². The molecule has 1 saturated carbocycles. The second kappa shape index (κ2) is 6.01. The maximum absolute atomic E-state index is 11.8. The molecule has 0 saturated heterocycles. The predicted octanol–water partition coefficient (Wildman–Crippen LogP) is 2.96. The number of hydrogen-bond acceptors (Lipinski definition) is 3. The van der Waals surface area contributed by atoms with E-state index in [2.05, 4.69) is 0 Å². The highest BCUT2D eigenvalue weighted by atomic mass is 35.5. The molecule has 18 heavy (non-hydrogen) atoms. The molecule has 0 unspecified atom stereocenters. The first kappa shape index (κ1) is 13.1. The van der Waals surface area contributed by atoms with Gasteiger partial charge in [-0.2, -0.15) is 0 Å². The van der Waals surface area contributed by atoms with Crippen molar-refractivity contribution in [2.24, 2.45) is 0 Å². The Hall–Kier alpha value is -1.35. The lowest BCUT2D eigenvalue weighted by Gasteiger charge is -2.26. The monoisotopic (exact) mass is 266 g/mol. The minimum absolute atomic E-state index is 0.175. The van der Waals surface area contributed by atoms with Gasteiger partial charge in [0.2, 0.25) is 0 Å². The summed E-state index contributed by atoms with van der Waals surface area (Å²) in [5.74, 6) is -1.41. The highest BCUT2D eigenvalue weighted by Crippen LogP contribution is 2.25. The van der Waals surface area contributed by atoms with Gasteiger partial charge in [0.15, 0.2) is 0 Å². The van der Waals surface area contributed by atoms with Gasteiger partial charge in [-0.15, -0.1) is 11.6 Å². The van der Waals surface area contributed by atoms with Crippen LogP contribution in [0.4, 0.5) is 0 Å². The summed E-state index contributed by atoms with van der Waals surface area (Å²) >= 11 is 6.09. The lowest BCUT2D eigenvalue weighted by molar-refractivity contribution is -0.144. The molecule has 0 N–H and O–H groups in total. The number of halogens is 1. The number of ketones is 1. The molecule has 1 aliphatic rings. The van der Waals surface area contributed by atoms with E-state index < -0.39 is 11.8 Å². The van der Waals surface area contributed by atoms with Crippen LogP contribution in [-0.4, -0.2) is 23.2 Å². The van der Waals surface area contributed by atoms with Crippen LogP contribution in [0.3, 0.4) is 0 Å². The van der Waals surface area contributed by atoms with Gasteiger partial charge in [-0.25, -0.2) is 4.79 Å². The minimum atomic E-state index is -0.807. The number of Topliss-reactive ketones (excluding diaryl/α,β-unsaturated/α-hetero) is 1. The molecule has 96 valence electrons. The molecular weight excluding hydrogens is 252 g/mol. The number of benzene rings is 1. The third-order valence-corrected chi connectivity index (χ3v) is 3.60. The molecule has 0 heterocycles. The Labute approximate surface area is 111 Å². The van der Waals surface area contributed by atoms with Crippen molar-refractivity contribution in [1.29, 1.82) is 0 Å². The van der Waals surface area contributed by atoms with Crippen molar-refractivity contribution in [3.05, 3.63) is 35.9 Å². The molecule has 1 aromatic rings. The lowest BCUT2D eigenvalue weighted by Crippen LogP contribution is -2.33. The molecule has 0 spiro atoms. The Morgan fingerprint density at radius 3 is 2.44 bits per heavy atom. The van der Waals surface area contributed by atoms with Crippen molar-refractivity contribution in [3.63, 3.8) is 0 Å². The SMILES string of the molecule is O=C(O[C@H]1CCCC[C@@H]1Cl)C(=O)c1ccccc1. The molecule has 0 radical (unpaired) electrons. The fraction of sp³-hybridized carbons (Fsp3) is 0.429. The third kappa shape index (κ3) is 3.10. The average Bonchev–Trinajstić information content (AvgIpc) is 2.41. The average molecular weight is 267 g/mol. The van der Waals surface area contributed by atoms with Gasteiger partial charge >= 0.3 is 5.97 Å². The van der Waals surface area contributed by atoms with E-state index in [1.165, 1.54) is 0 Å². The van der Waals surface area contributed by atoms with E-state index in [9.17, 15) is 9.59 Å². The fourth-order valence-corrected chi connectivity index (χ4v) is 2.41. The molecule has 0 aromatic heterocycles. The van der Waals surface area contributed by atoms with Crippen molar-refractivity contribution in [2.75, 3.05) is 0 Å². The predicted molar refractivity (Wildman–Crippen MR) is 68.8 cm³/mol. The lowest BCUT2D eigenvalue weighted by atomic mass is 9.97. The highest BCUT2D eigenvalue weighted by Gasteiger charge is 2.29. The Morgan fingerprint density at radius 1 is 1.11 bits per heavy atom. The summed E-state index contributed by atoms with van der Waals surface area (Å²) in [4.78, 5) is 23.5. The van der Waals surface area contributed by atoms with Gasteiger partial charge < -0.3 is 4.74 Å². The van der Waals surface area contributed by atoms with E-state index in [0.29, 0.717) is 5.56 Å². The topological polar surface area (TPSA) is 43.4 Å². The first-order valence-corrected chi connectivity index (χ1v) is 6.56. The maximum Gasteiger partial charge on any atom is 0.379 e. The standard InChI is InChI=1S/C14H15ClO3/c15-11-8-4-5-9-12(11)18-14(17)13(16)10-6-2-1-3-7-10/h1-3,6-7,11-12H,4-5,8-9H2/t11-,12-/m0/s1. The molecule has 0 amide bonds. The summed E-state index contributed by atoms with van der Waals surface area (Å²) in [6.45, 7) is 0. The zero-order valence-corrected chi connectivity index (χ0v) is 10.7. The first-order valence-electron chi connectivity index (χ1n) is 6.13. The summed E-state index contributed by atoms with van der Waals surface area (Å²) in [7, 11) is 0.